The van der Waals surface area contributed by atoms with Gasteiger partial charge in [0.25, 0.3) is 0 Å². The Morgan fingerprint density at radius 3 is 1.91 bits per heavy atom. The molecule has 2 aliphatic heterocycles. The third-order valence-electron chi connectivity index (χ3n) is 2.28. The molecule has 3 rings (SSSR count). The number of nitrogens with one attached hydrogen (secondary N) is 1. The third kappa shape index (κ3) is 0.964. The second kappa shape index (κ2) is 2.19. The highest BCUT2D eigenvalue weighted by Crippen LogP contribution is 2.25. The quantitative estimate of drug-likeness (QED) is 0.398. The number of hydrogen-bond acceptors (Lipinski definition) is 2. The monoisotopic (exact) mass is 151 g/mol. The summed E-state index contributed by atoms with van der Waals surface area (Å²) in [5.41, 5.74) is 0. The summed E-state index contributed by atoms with van der Waals surface area (Å²) in [6.07, 6.45) is 5.32. The average Bonchev–Trinajstić information content (AvgIpc) is 2.22. The average molecular weight is 151 g/mol. The Bertz CT molecular complexity index is 220. The zero-order valence-corrected chi connectivity index (χ0v) is 6.04. The van der Waals surface area contributed by atoms with Crippen LogP contribution in [-0.2, 0) is 9.59 Å². The first-order valence-corrected chi connectivity index (χ1v) is 3.80. The van der Waals surface area contributed by atoms with E-state index >= 15 is 0 Å². The minimum Gasteiger partial charge on any atom is -0.295 e. The van der Waals surface area contributed by atoms with Crippen LogP contribution in [0.25, 0.3) is 0 Å². The molecule has 0 aromatic rings. The van der Waals surface area contributed by atoms with E-state index in [9.17, 15) is 9.59 Å². The van der Waals surface area contributed by atoms with Gasteiger partial charge < -0.3 is 0 Å². The van der Waals surface area contributed by atoms with Gasteiger partial charge in [-0.1, -0.05) is 12.2 Å². The molecule has 1 fully saturated rings. The Morgan fingerprint density at radius 2 is 1.55 bits per heavy atom. The van der Waals surface area contributed by atoms with E-state index in [4.69, 9.17) is 0 Å². The molecule has 1 saturated heterocycles. The minimum atomic E-state index is -0.133. The van der Waals surface area contributed by atoms with Crippen LogP contribution in [0.1, 0.15) is 12.8 Å². The molecule has 0 aromatic heterocycles. The summed E-state index contributed by atoms with van der Waals surface area (Å²) in [7, 11) is 0. The van der Waals surface area contributed by atoms with Crippen LogP contribution in [0.3, 0.4) is 0 Å². The van der Waals surface area contributed by atoms with E-state index in [2.05, 4.69) is 5.32 Å². The van der Waals surface area contributed by atoms with Crippen LogP contribution >= 0.6 is 0 Å². The lowest BCUT2D eigenvalue weighted by Crippen LogP contribution is -2.32. The fourth-order valence-corrected chi connectivity index (χ4v) is 1.56. The number of hydrogen-bond donors (Lipinski definition) is 1. The van der Waals surface area contributed by atoms with Gasteiger partial charge in [0, 0.05) is 0 Å². The Hall–Kier alpha value is -1.12. The molecular weight excluding hydrogens is 142 g/mol. The molecule has 0 radical (unpaired) electrons. The Labute approximate surface area is 64.5 Å². The summed E-state index contributed by atoms with van der Waals surface area (Å²) in [5, 5.41) is 2.36. The third-order valence-corrected chi connectivity index (χ3v) is 2.28. The first-order chi connectivity index (χ1) is 5.27. The van der Waals surface area contributed by atoms with Crippen molar-refractivity contribution < 1.29 is 9.59 Å². The molecule has 3 aliphatic rings. The van der Waals surface area contributed by atoms with Crippen molar-refractivity contribution in [2.75, 3.05) is 0 Å². The summed E-state index contributed by atoms with van der Waals surface area (Å²) < 4.78 is 0. The molecule has 58 valence electrons. The maximum Gasteiger partial charge on any atom is 0.233 e. The van der Waals surface area contributed by atoms with E-state index in [1.54, 1.807) is 0 Å². The second-order valence-corrected chi connectivity index (χ2v) is 3.03. The van der Waals surface area contributed by atoms with Gasteiger partial charge in [-0.2, -0.15) is 0 Å². The Balaban J connectivity index is 2.35. The smallest absolute Gasteiger partial charge is 0.233 e. The van der Waals surface area contributed by atoms with Crippen LogP contribution in [0.4, 0.5) is 0 Å². The lowest BCUT2D eigenvalue weighted by atomic mass is 9.90. The van der Waals surface area contributed by atoms with Crippen LogP contribution in [0, 0.1) is 11.8 Å². The molecule has 2 bridgehead atoms. The molecule has 3 heteroatoms. The number of carbonyl (C=O) groups excluding carboxylic acids is 2. The van der Waals surface area contributed by atoms with Crippen LogP contribution in [-0.4, -0.2) is 11.8 Å². The van der Waals surface area contributed by atoms with Gasteiger partial charge in [-0.15, -0.1) is 0 Å². The number of carbonyl (C=O) groups is 2. The number of imide groups is 1. The van der Waals surface area contributed by atoms with Gasteiger partial charge >= 0.3 is 0 Å². The molecule has 0 saturated carbocycles. The maximum atomic E-state index is 11.1. The first-order valence-electron chi connectivity index (χ1n) is 3.80. The van der Waals surface area contributed by atoms with Gasteiger partial charge in [-0.3, -0.25) is 14.9 Å². The largest absolute Gasteiger partial charge is 0.295 e. The predicted molar refractivity (Wildman–Crippen MR) is 38.5 cm³/mol. The standard InChI is InChI=1S/C8H9NO2/c10-7-5-1-2-6(4-3-5)8(11)9-7/h1-2,5-6H,3-4H2,(H,9,10,11). The van der Waals surface area contributed by atoms with Crippen LogP contribution < -0.4 is 5.32 Å². The highest BCUT2D eigenvalue weighted by molar-refractivity contribution is 6.00. The van der Waals surface area contributed by atoms with E-state index < -0.39 is 0 Å². The molecule has 0 aromatic carbocycles. The van der Waals surface area contributed by atoms with Gasteiger partial charge in [-0.25, -0.2) is 0 Å². The summed E-state index contributed by atoms with van der Waals surface area (Å²) in [6.45, 7) is 0. The molecular formula is C8H9NO2. The maximum absolute atomic E-state index is 11.1. The fraction of sp³-hybridized carbons (Fsp3) is 0.500. The normalized spacial score (nSPS) is 35.3. The van der Waals surface area contributed by atoms with Crippen molar-refractivity contribution in [1.82, 2.24) is 5.32 Å². The molecule has 1 N–H and O–H groups in total. The summed E-state index contributed by atoms with van der Waals surface area (Å²) in [4.78, 5) is 22.2. The Kier molecular flexibility index (Phi) is 1.31. The van der Waals surface area contributed by atoms with E-state index in [-0.39, 0.29) is 23.7 Å². The van der Waals surface area contributed by atoms with Crippen LogP contribution in [0.2, 0.25) is 0 Å². The number of amides is 2. The molecule has 2 amide bonds. The number of fused-ring (bicyclic) bond motifs is 3. The van der Waals surface area contributed by atoms with E-state index in [0.29, 0.717) is 0 Å². The van der Waals surface area contributed by atoms with E-state index in [1.807, 2.05) is 12.2 Å². The molecule has 2 atom stereocenters. The molecule has 11 heavy (non-hydrogen) atoms. The van der Waals surface area contributed by atoms with Gasteiger partial charge in [0.05, 0.1) is 11.8 Å². The van der Waals surface area contributed by atoms with Crippen LogP contribution in [0.5, 0.6) is 0 Å². The topological polar surface area (TPSA) is 46.2 Å². The Morgan fingerprint density at radius 1 is 1.09 bits per heavy atom. The molecule has 3 nitrogen and oxygen atoms in total. The lowest BCUT2D eigenvalue weighted by molar-refractivity contribution is -0.131. The summed E-state index contributed by atoms with van der Waals surface area (Å²) >= 11 is 0. The number of rotatable bonds is 0. The molecule has 2 heterocycles. The van der Waals surface area contributed by atoms with Crippen molar-refractivity contribution in [3.05, 3.63) is 12.2 Å². The second-order valence-electron chi connectivity index (χ2n) is 3.03. The van der Waals surface area contributed by atoms with Crippen molar-refractivity contribution in [3.63, 3.8) is 0 Å². The summed E-state index contributed by atoms with van der Waals surface area (Å²) in [5.74, 6) is -0.382. The highest BCUT2D eigenvalue weighted by Gasteiger charge is 2.31. The van der Waals surface area contributed by atoms with Crippen molar-refractivity contribution >= 4 is 11.8 Å². The highest BCUT2D eigenvalue weighted by atomic mass is 16.2. The van der Waals surface area contributed by atoms with E-state index in [0.717, 1.165) is 12.8 Å². The van der Waals surface area contributed by atoms with Crippen molar-refractivity contribution in [3.8, 4) is 0 Å². The zero-order chi connectivity index (χ0) is 7.84. The molecule has 2 unspecified atom stereocenters. The predicted octanol–water partition coefficient (Wildman–Crippen LogP) is 0.225. The zero-order valence-electron chi connectivity index (χ0n) is 6.04. The van der Waals surface area contributed by atoms with Crippen LogP contribution in [0.15, 0.2) is 12.2 Å². The van der Waals surface area contributed by atoms with Gasteiger partial charge in [0.2, 0.25) is 11.8 Å². The van der Waals surface area contributed by atoms with Gasteiger partial charge in [-0.05, 0) is 12.8 Å². The molecule has 0 spiro atoms. The summed E-state index contributed by atoms with van der Waals surface area (Å²) in [6, 6.07) is 0. The fourth-order valence-electron chi connectivity index (χ4n) is 1.56. The molecule has 1 aliphatic carbocycles. The SMILES string of the molecule is O=C1NC(=O)C2C=CC1CC2. The van der Waals surface area contributed by atoms with Gasteiger partial charge in [0.15, 0.2) is 0 Å². The van der Waals surface area contributed by atoms with Crippen molar-refractivity contribution in [1.29, 1.82) is 0 Å². The first kappa shape index (κ1) is 6.58. The minimum absolute atomic E-state index is 0.0577. The van der Waals surface area contributed by atoms with Crippen molar-refractivity contribution in [2.45, 2.75) is 12.8 Å². The lowest BCUT2D eigenvalue weighted by Gasteiger charge is -2.11. The van der Waals surface area contributed by atoms with E-state index in [1.165, 1.54) is 0 Å². The van der Waals surface area contributed by atoms with Crippen molar-refractivity contribution in [2.24, 2.45) is 11.8 Å². The van der Waals surface area contributed by atoms with Gasteiger partial charge in [0.1, 0.15) is 0 Å².